The zero-order chi connectivity index (χ0) is 19.5. The van der Waals surface area contributed by atoms with Gasteiger partial charge in [0.05, 0.1) is 0 Å². The first-order valence-electron chi connectivity index (χ1n) is 9.45. The summed E-state index contributed by atoms with van der Waals surface area (Å²) < 4.78 is 0. The minimum atomic E-state index is -0.103. The summed E-state index contributed by atoms with van der Waals surface area (Å²) in [5.74, 6) is -0.0853. The maximum atomic E-state index is 12.9. The van der Waals surface area contributed by atoms with E-state index in [9.17, 15) is 9.59 Å². The van der Waals surface area contributed by atoms with Gasteiger partial charge >= 0.3 is 0 Å². The highest BCUT2D eigenvalue weighted by molar-refractivity contribution is 6.07. The van der Waals surface area contributed by atoms with Crippen LogP contribution in [-0.4, -0.2) is 18.4 Å². The van der Waals surface area contributed by atoms with Crippen molar-refractivity contribution in [1.82, 2.24) is 5.32 Å². The van der Waals surface area contributed by atoms with Gasteiger partial charge in [0.2, 0.25) is 0 Å². The van der Waals surface area contributed by atoms with Gasteiger partial charge in [-0.1, -0.05) is 48.0 Å². The Morgan fingerprint density at radius 2 is 1.68 bits per heavy atom. The molecule has 1 aliphatic heterocycles. The summed E-state index contributed by atoms with van der Waals surface area (Å²) >= 11 is 0. The molecule has 0 aliphatic carbocycles. The van der Waals surface area contributed by atoms with Crippen molar-refractivity contribution in [2.24, 2.45) is 0 Å². The SMILES string of the molecule is Cc1ccc(C(=O)N2CCc3ccc(CNC(=O)c4ccccc4)cc32)cc1. The predicted octanol–water partition coefficient (Wildman–Crippen LogP) is 4.13. The highest BCUT2D eigenvalue weighted by Crippen LogP contribution is 2.30. The smallest absolute Gasteiger partial charge is 0.258 e. The molecular weight excluding hydrogens is 348 g/mol. The quantitative estimate of drug-likeness (QED) is 0.751. The van der Waals surface area contributed by atoms with Crippen LogP contribution < -0.4 is 10.2 Å². The van der Waals surface area contributed by atoms with Crippen LogP contribution in [-0.2, 0) is 13.0 Å². The first-order chi connectivity index (χ1) is 13.6. The Morgan fingerprint density at radius 1 is 0.929 bits per heavy atom. The van der Waals surface area contributed by atoms with E-state index in [0.717, 1.165) is 23.2 Å². The Morgan fingerprint density at radius 3 is 2.43 bits per heavy atom. The molecule has 0 bridgehead atoms. The van der Waals surface area contributed by atoms with Crippen molar-refractivity contribution >= 4 is 17.5 Å². The van der Waals surface area contributed by atoms with Gasteiger partial charge in [0.1, 0.15) is 0 Å². The topological polar surface area (TPSA) is 49.4 Å². The summed E-state index contributed by atoms with van der Waals surface area (Å²) in [7, 11) is 0. The summed E-state index contributed by atoms with van der Waals surface area (Å²) in [6, 6.07) is 22.9. The molecule has 0 fully saturated rings. The van der Waals surface area contributed by atoms with Crippen LogP contribution in [0.3, 0.4) is 0 Å². The van der Waals surface area contributed by atoms with Crippen molar-refractivity contribution in [3.05, 3.63) is 101 Å². The zero-order valence-corrected chi connectivity index (χ0v) is 15.8. The normalized spacial score (nSPS) is 12.5. The van der Waals surface area contributed by atoms with Gasteiger partial charge < -0.3 is 10.2 Å². The van der Waals surface area contributed by atoms with E-state index in [1.54, 1.807) is 12.1 Å². The van der Waals surface area contributed by atoms with Gasteiger partial charge in [0.15, 0.2) is 0 Å². The fraction of sp³-hybridized carbons (Fsp3) is 0.167. The van der Waals surface area contributed by atoms with E-state index in [-0.39, 0.29) is 11.8 Å². The van der Waals surface area contributed by atoms with E-state index in [2.05, 4.69) is 11.4 Å². The van der Waals surface area contributed by atoms with Gasteiger partial charge in [-0.25, -0.2) is 0 Å². The van der Waals surface area contributed by atoms with Gasteiger partial charge in [0.25, 0.3) is 11.8 Å². The number of fused-ring (bicyclic) bond motifs is 1. The highest BCUT2D eigenvalue weighted by atomic mass is 16.2. The molecule has 140 valence electrons. The highest BCUT2D eigenvalue weighted by Gasteiger charge is 2.25. The van der Waals surface area contributed by atoms with Crippen LogP contribution in [0, 0.1) is 6.92 Å². The third-order valence-electron chi connectivity index (χ3n) is 5.08. The molecule has 4 heteroatoms. The molecule has 28 heavy (non-hydrogen) atoms. The second-order valence-electron chi connectivity index (χ2n) is 7.08. The van der Waals surface area contributed by atoms with Crippen molar-refractivity contribution < 1.29 is 9.59 Å². The van der Waals surface area contributed by atoms with E-state index in [1.807, 2.05) is 66.4 Å². The minimum Gasteiger partial charge on any atom is -0.348 e. The average molecular weight is 370 g/mol. The summed E-state index contributed by atoms with van der Waals surface area (Å²) in [5.41, 5.74) is 5.55. The second kappa shape index (κ2) is 7.69. The van der Waals surface area contributed by atoms with Gasteiger partial charge in [-0.3, -0.25) is 9.59 Å². The Kier molecular flexibility index (Phi) is 4.94. The molecule has 3 aromatic rings. The fourth-order valence-corrected chi connectivity index (χ4v) is 3.47. The average Bonchev–Trinajstić information content (AvgIpc) is 3.16. The molecule has 2 amide bonds. The van der Waals surface area contributed by atoms with Crippen molar-refractivity contribution in [2.75, 3.05) is 11.4 Å². The Hall–Kier alpha value is -3.40. The van der Waals surface area contributed by atoms with Crippen LogP contribution in [0.1, 0.15) is 37.4 Å². The lowest BCUT2D eigenvalue weighted by atomic mass is 10.1. The third-order valence-corrected chi connectivity index (χ3v) is 5.08. The van der Waals surface area contributed by atoms with Crippen LogP contribution in [0.25, 0.3) is 0 Å². The zero-order valence-electron chi connectivity index (χ0n) is 15.8. The van der Waals surface area contributed by atoms with Gasteiger partial charge in [-0.2, -0.15) is 0 Å². The van der Waals surface area contributed by atoms with Crippen molar-refractivity contribution in [1.29, 1.82) is 0 Å². The van der Waals surface area contributed by atoms with Crippen LogP contribution in [0.2, 0.25) is 0 Å². The number of rotatable bonds is 4. The lowest BCUT2D eigenvalue weighted by Gasteiger charge is -2.18. The van der Waals surface area contributed by atoms with E-state index < -0.39 is 0 Å². The number of aryl methyl sites for hydroxylation is 1. The standard InChI is InChI=1S/C24H22N2O2/c1-17-7-10-21(11-8-17)24(28)26-14-13-19-12-9-18(15-22(19)26)16-25-23(27)20-5-3-2-4-6-20/h2-12,15H,13-14,16H2,1H3,(H,25,27). The van der Waals surface area contributed by atoms with Crippen molar-refractivity contribution in [3.63, 3.8) is 0 Å². The van der Waals surface area contributed by atoms with E-state index in [1.165, 1.54) is 5.56 Å². The number of nitrogens with zero attached hydrogens (tertiary/aromatic N) is 1. The molecule has 4 nitrogen and oxygen atoms in total. The molecular formula is C24H22N2O2. The Labute approximate surface area is 164 Å². The molecule has 0 aromatic heterocycles. The lowest BCUT2D eigenvalue weighted by molar-refractivity contribution is 0.0949. The summed E-state index contributed by atoms with van der Waals surface area (Å²) in [5, 5.41) is 2.95. The number of benzene rings is 3. The van der Waals surface area contributed by atoms with Gasteiger partial charge in [0, 0.05) is 29.9 Å². The number of hydrogen-bond acceptors (Lipinski definition) is 2. The molecule has 0 spiro atoms. The van der Waals surface area contributed by atoms with Crippen LogP contribution in [0.15, 0.2) is 72.8 Å². The molecule has 0 saturated carbocycles. The van der Waals surface area contributed by atoms with E-state index in [0.29, 0.717) is 24.2 Å². The van der Waals surface area contributed by atoms with Crippen LogP contribution >= 0.6 is 0 Å². The van der Waals surface area contributed by atoms with Crippen molar-refractivity contribution in [2.45, 2.75) is 19.9 Å². The predicted molar refractivity (Wildman–Crippen MR) is 111 cm³/mol. The first kappa shape index (κ1) is 18.0. The summed E-state index contributed by atoms with van der Waals surface area (Å²) in [4.78, 5) is 27.0. The number of carbonyl (C=O) groups is 2. The maximum Gasteiger partial charge on any atom is 0.258 e. The molecule has 1 N–H and O–H groups in total. The van der Waals surface area contributed by atoms with Crippen LogP contribution in [0.4, 0.5) is 5.69 Å². The molecule has 0 saturated heterocycles. The van der Waals surface area contributed by atoms with E-state index >= 15 is 0 Å². The molecule has 4 rings (SSSR count). The van der Waals surface area contributed by atoms with Crippen LogP contribution in [0.5, 0.6) is 0 Å². The molecule has 1 aliphatic rings. The Balaban J connectivity index is 1.50. The number of carbonyl (C=O) groups excluding carboxylic acids is 2. The number of amides is 2. The largest absolute Gasteiger partial charge is 0.348 e. The fourth-order valence-electron chi connectivity index (χ4n) is 3.47. The van der Waals surface area contributed by atoms with Gasteiger partial charge in [-0.05, 0) is 54.8 Å². The first-order valence-corrected chi connectivity index (χ1v) is 9.45. The molecule has 0 radical (unpaired) electrons. The molecule has 1 heterocycles. The minimum absolute atomic E-state index is 0.0178. The monoisotopic (exact) mass is 370 g/mol. The molecule has 0 atom stereocenters. The number of nitrogens with one attached hydrogen (secondary N) is 1. The van der Waals surface area contributed by atoms with E-state index in [4.69, 9.17) is 0 Å². The summed E-state index contributed by atoms with van der Waals surface area (Å²) in [6.45, 7) is 3.12. The lowest BCUT2D eigenvalue weighted by Crippen LogP contribution is -2.29. The molecule has 3 aromatic carbocycles. The number of anilines is 1. The third kappa shape index (κ3) is 3.67. The number of hydrogen-bond donors (Lipinski definition) is 1. The Bertz CT molecular complexity index is 1010. The maximum absolute atomic E-state index is 12.9. The molecule has 0 unspecified atom stereocenters. The van der Waals surface area contributed by atoms with Gasteiger partial charge in [-0.15, -0.1) is 0 Å². The van der Waals surface area contributed by atoms with Crippen molar-refractivity contribution in [3.8, 4) is 0 Å². The summed E-state index contributed by atoms with van der Waals surface area (Å²) in [6.07, 6.45) is 0.851. The second-order valence-corrected chi connectivity index (χ2v) is 7.08.